The molecule has 1 aromatic rings. The van der Waals surface area contributed by atoms with Gasteiger partial charge in [0.2, 0.25) is 11.8 Å². The van der Waals surface area contributed by atoms with Crippen LogP contribution in [0.25, 0.3) is 0 Å². The summed E-state index contributed by atoms with van der Waals surface area (Å²) in [4.78, 5) is 25.3. The predicted molar refractivity (Wildman–Crippen MR) is 83.1 cm³/mol. The van der Waals surface area contributed by atoms with Gasteiger partial charge in [0.1, 0.15) is 6.42 Å². The minimum Gasteiger partial charge on any atom is -0.353 e. The highest BCUT2D eigenvalue weighted by Crippen LogP contribution is 2.16. The molecule has 1 N–H and O–H groups in total. The molecule has 1 fully saturated rings. The molecule has 0 radical (unpaired) electrons. The minimum atomic E-state index is -0.136. The summed E-state index contributed by atoms with van der Waals surface area (Å²) in [6, 6.07) is 9.23. The van der Waals surface area contributed by atoms with Crippen LogP contribution in [0.1, 0.15) is 24.8 Å². The van der Waals surface area contributed by atoms with Gasteiger partial charge in [-0.15, -0.1) is 0 Å². The van der Waals surface area contributed by atoms with Gasteiger partial charge in [0.05, 0.1) is 12.5 Å². The Labute approximate surface area is 134 Å². The normalized spacial score (nSPS) is 15.2. The second kappa shape index (κ2) is 7.81. The molecule has 1 aliphatic heterocycles. The fourth-order valence-corrected chi connectivity index (χ4v) is 2.75. The molecule has 0 aromatic heterocycles. The molecule has 22 heavy (non-hydrogen) atoms. The number of piperidine rings is 1. The first-order valence-corrected chi connectivity index (χ1v) is 7.65. The van der Waals surface area contributed by atoms with Crippen molar-refractivity contribution in [2.24, 2.45) is 0 Å². The monoisotopic (exact) mass is 319 g/mol. The summed E-state index contributed by atoms with van der Waals surface area (Å²) in [6.07, 6.45) is 1.60. The van der Waals surface area contributed by atoms with Crippen molar-refractivity contribution >= 4 is 23.4 Å². The molecule has 0 aliphatic carbocycles. The minimum absolute atomic E-state index is 0.0603. The van der Waals surface area contributed by atoms with Gasteiger partial charge < -0.3 is 10.2 Å². The van der Waals surface area contributed by atoms with Crippen LogP contribution in [0.15, 0.2) is 24.3 Å². The van der Waals surface area contributed by atoms with Crippen LogP contribution in [0.4, 0.5) is 0 Å². The van der Waals surface area contributed by atoms with Gasteiger partial charge >= 0.3 is 0 Å². The number of hydrogen-bond donors (Lipinski definition) is 1. The van der Waals surface area contributed by atoms with Crippen LogP contribution in [0.2, 0.25) is 5.02 Å². The fraction of sp³-hybridized carbons (Fsp3) is 0.438. The Kier molecular flexibility index (Phi) is 5.79. The Bertz CT molecular complexity index is 589. The third-order valence-corrected chi connectivity index (χ3v) is 4.12. The van der Waals surface area contributed by atoms with Crippen LogP contribution in [-0.4, -0.2) is 35.8 Å². The van der Waals surface area contributed by atoms with Crippen molar-refractivity contribution in [3.63, 3.8) is 0 Å². The molecule has 1 saturated heterocycles. The summed E-state index contributed by atoms with van der Waals surface area (Å²) >= 11 is 6.04. The van der Waals surface area contributed by atoms with Crippen molar-refractivity contribution in [1.29, 1.82) is 5.26 Å². The second-order valence-corrected chi connectivity index (χ2v) is 5.73. The van der Waals surface area contributed by atoms with Crippen molar-refractivity contribution in [2.45, 2.75) is 31.7 Å². The first-order valence-electron chi connectivity index (χ1n) is 7.27. The molecule has 1 heterocycles. The van der Waals surface area contributed by atoms with E-state index in [1.54, 1.807) is 11.0 Å². The van der Waals surface area contributed by atoms with Gasteiger partial charge in [0.25, 0.3) is 0 Å². The zero-order chi connectivity index (χ0) is 15.9. The molecule has 0 saturated carbocycles. The lowest BCUT2D eigenvalue weighted by molar-refractivity contribution is -0.131. The fourth-order valence-electron chi connectivity index (χ4n) is 2.55. The highest BCUT2D eigenvalue weighted by Gasteiger charge is 2.23. The van der Waals surface area contributed by atoms with Gasteiger partial charge in [-0.2, -0.15) is 5.26 Å². The molecule has 2 rings (SSSR count). The van der Waals surface area contributed by atoms with Gasteiger partial charge in [-0.25, -0.2) is 0 Å². The van der Waals surface area contributed by atoms with Crippen molar-refractivity contribution in [2.75, 3.05) is 13.1 Å². The van der Waals surface area contributed by atoms with E-state index >= 15 is 0 Å². The van der Waals surface area contributed by atoms with Gasteiger partial charge in [0, 0.05) is 24.2 Å². The maximum absolute atomic E-state index is 12.1. The van der Waals surface area contributed by atoms with E-state index < -0.39 is 0 Å². The number of halogens is 1. The van der Waals surface area contributed by atoms with Crippen molar-refractivity contribution in [1.82, 2.24) is 10.2 Å². The number of rotatable bonds is 4. The number of carbonyl (C=O) groups excluding carboxylic acids is 2. The van der Waals surface area contributed by atoms with E-state index in [1.807, 2.05) is 24.3 Å². The Morgan fingerprint density at radius 2 is 2.00 bits per heavy atom. The van der Waals surface area contributed by atoms with E-state index in [1.165, 1.54) is 0 Å². The van der Waals surface area contributed by atoms with Gasteiger partial charge in [0.15, 0.2) is 0 Å². The average Bonchev–Trinajstić information content (AvgIpc) is 2.50. The first-order chi connectivity index (χ1) is 10.6. The summed E-state index contributed by atoms with van der Waals surface area (Å²) in [5.41, 5.74) is 0.809. The number of nitriles is 1. The molecular formula is C16H18ClN3O2. The second-order valence-electron chi connectivity index (χ2n) is 5.33. The third kappa shape index (κ3) is 4.47. The first kappa shape index (κ1) is 16.3. The SMILES string of the molecule is N#CCC(=O)N1CCC(NC(=O)Cc2ccccc2Cl)CC1. The molecule has 0 spiro atoms. The van der Waals surface area contributed by atoms with Crippen LogP contribution in [0, 0.1) is 11.3 Å². The molecule has 6 heteroatoms. The Hall–Kier alpha value is -2.06. The summed E-state index contributed by atoms with van der Waals surface area (Å²) in [5.74, 6) is -0.196. The highest BCUT2D eigenvalue weighted by atomic mass is 35.5. The lowest BCUT2D eigenvalue weighted by atomic mass is 10.0. The number of likely N-dealkylation sites (tertiary alicyclic amines) is 1. The Morgan fingerprint density at radius 1 is 1.32 bits per heavy atom. The summed E-state index contributed by atoms with van der Waals surface area (Å²) in [7, 11) is 0. The van der Waals surface area contributed by atoms with E-state index in [-0.39, 0.29) is 30.7 Å². The average molecular weight is 320 g/mol. The van der Waals surface area contributed by atoms with E-state index in [0.29, 0.717) is 31.0 Å². The van der Waals surface area contributed by atoms with Gasteiger partial charge in [-0.1, -0.05) is 29.8 Å². The van der Waals surface area contributed by atoms with Crippen LogP contribution in [0.5, 0.6) is 0 Å². The summed E-state index contributed by atoms with van der Waals surface area (Å²) in [6.45, 7) is 1.16. The number of amides is 2. The van der Waals surface area contributed by atoms with Crippen LogP contribution in [0.3, 0.4) is 0 Å². The van der Waals surface area contributed by atoms with E-state index in [9.17, 15) is 9.59 Å². The van der Waals surface area contributed by atoms with Gasteiger partial charge in [-0.05, 0) is 24.5 Å². The standard InChI is InChI=1S/C16H18ClN3O2/c17-14-4-2-1-3-12(14)11-15(21)19-13-6-9-20(10-7-13)16(22)5-8-18/h1-4,13H,5-7,9-11H2,(H,19,21). The Balaban J connectivity index is 1.79. The summed E-state index contributed by atoms with van der Waals surface area (Å²) in [5, 5.41) is 12.1. The van der Waals surface area contributed by atoms with Crippen LogP contribution < -0.4 is 5.32 Å². The zero-order valence-corrected chi connectivity index (χ0v) is 13.0. The maximum atomic E-state index is 12.1. The number of nitrogens with zero attached hydrogens (tertiary/aromatic N) is 2. The lowest BCUT2D eigenvalue weighted by Crippen LogP contribution is -2.46. The van der Waals surface area contributed by atoms with E-state index in [4.69, 9.17) is 16.9 Å². The molecular weight excluding hydrogens is 302 g/mol. The van der Waals surface area contributed by atoms with Crippen molar-refractivity contribution in [3.8, 4) is 6.07 Å². The highest BCUT2D eigenvalue weighted by molar-refractivity contribution is 6.31. The predicted octanol–water partition coefficient (Wildman–Crippen LogP) is 1.90. The van der Waals surface area contributed by atoms with Crippen LogP contribution >= 0.6 is 11.6 Å². The van der Waals surface area contributed by atoms with E-state index in [2.05, 4.69) is 5.32 Å². The van der Waals surface area contributed by atoms with Gasteiger partial charge in [-0.3, -0.25) is 9.59 Å². The summed E-state index contributed by atoms with van der Waals surface area (Å²) < 4.78 is 0. The molecule has 5 nitrogen and oxygen atoms in total. The number of benzene rings is 1. The Morgan fingerprint density at radius 3 is 2.64 bits per heavy atom. The van der Waals surface area contributed by atoms with Crippen molar-refractivity contribution < 1.29 is 9.59 Å². The molecule has 0 bridgehead atoms. The smallest absolute Gasteiger partial charge is 0.236 e. The molecule has 1 aliphatic rings. The largest absolute Gasteiger partial charge is 0.353 e. The number of carbonyl (C=O) groups is 2. The maximum Gasteiger partial charge on any atom is 0.236 e. The van der Waals surface area contributed by atoms with E-state index in [0.717, 1.165) is 5.56 Å². The molecule has 0 unspecified atom stereocenters. The molecule has 1 aromatic carbocycles. The topological polar surface area (TPSA) is 73.2 Å². The third-order valence-electron chi connectivity index (χ3n) is 3.75. The number of hydrogen-bond acceptors (Lipinski definition) is 3. The molecule has 116 valence electrons. The zero-order valence-electron chi connectivity index (χ0n) is 12.2. The quantitative estimate of drug-likeness (QED) is 0.921. The lowest BCUT2D eigenvalue weighted by Gasteiger charge is -2.32. The molecule has 2 amide bonds. The number of nitrogens with one attached hydrogen (secondary N) is 1. The van der Waals surface area contributed by atoms with Crippen LogP contribution in [-0.2, 0) is 16.0 Å². The molecule has 0 atom stereocenters. The van der Waals surface area contributed by atoms with Crippen molar-refractivity contribution in [3.05, 3.63) is 34.9 Å².